The predicted octanol–water partition coefficient (Wildman–Crippen LogP) is 6.43. The third-order valence-corrected chi connectivity index (χ3v) is 9.17. The van der Waals surface area contributed by atoms with Gasteiger partial charge < -0.3 is 29.0 Å². The molecular weight excluding hydrogens is 650 g/mol. The monoisotopic (exact) mass is 693 g/mol. The Hall–Kier alpha value is -5.91. The van der Waals surface area contributed by atoms with Crippen LogP contribution in [0.1, 0.15) is 47.4 Å². The van der Waals surface area contributed by atoms with Gasteiger partial charge in [-0.05, 0) is 39.9 Å². The Morgan fingerprint density at radius 3 is 2.29 bits per heavy atom. The number of rotatable bonds is 16. The molecule has 0 fully saturated rings. The third-order valence-electron chi connectivity index (χ3n) is 9.17. The molecule has 4 aromatic carbocycles. The topological polar surface area (TPSA) is 138 Å². The lowest BCUT2D eigenvalue weighted by atomic mass is 9.97. The van der Waals surface area contributed by atoms with Gasteiger partial charge in [-0.1, -0.05) is 74.9 Å². The molecule has 0 saturated carbocycles. The van der Waals surface area contributed by atoms with Crippen LogP contribution in [0, 0.1) is 16.0 Å². The number of amides is 2. The highest BCUT2D eigenvalue weighted by Crippen LogP contribution is 2.38. The first kappa shape index (κ1) is 36.4. The van der Waals surface area contributed by atoms with Crippen molar-refractivity contribution in [1.29, 1.82) is 0 Å². The van der Waals surface area contributed by atoms with Crippen LogP contribution in [0.5, 0.6) is 17.2 Å². The number of aromatic nitrogens is 2. The van der Waals surface area contributed by atoms with E-state index in [1.807, 2.05) is 47.0 Å². The number of nitrogens with one attached hydrogen (secondary N) is 1. The van der Waals surface area contributed by atoms with Crippen LogP contribution in [0.15, 0.2) is 91.4 Å². The largest absolute Gasteiger partial charge is 0.493 e. The zero-order valence-electron chi connectivity index (χ0n) is 29.5. The van der Waals surface area contributed by atoms with Crippen molar-refractivity contribution in [1.82, 2.24) is 19.8 Å². The van der Waals surface area contributed by atoms with Gasteiger partial charge in [-0.3, -0.25) is 19.7 Å². The molecule has 2 amide bonds. The minimum absolute atomic E-state index is 0.0123. The van der Waals surface area contributed by atoms with E-state index in [0.717, 1.165) is 28.3 Å². The van der Waals surface area contributed by atoms with Gasteiger partial charge in [-0.25, -0.2) is 4.98 Å². The van der Waals surface area contributed by atoms with Crippen molar-refractivity contribution < 1.29 is 28.7 Å². The molecule has 0 unspecified atom stereocenters. The summed E-state index contributed by atoms with van der Waals surface area (Å²) in [5, 5.41) is 16.4. The summed E-state index contributed by atoms with van der Waals surface area (Å²) >= 11 is 0. The zero-order valence-corrected chi connectivity index (χ0v) is 29.5. The van der Waals surface area contributed by atoms with E-state index < -0.39 is 4.92 Å². The Balaban J connectivity index is 1.42. The Kier molecular flexibility index (Phi) is 11.9. The Bertz CT molecular complexity index is 1960. The first-order chi connectivity index (χ1) is 24.6. The Morgan fingerprint density at radius 1 is 0.961 bits per heavy atom. The summed E-state index contributed by atoms with van der Waals surface area (Å²) in [6.07, 6.45) is 4.11. The van der Waals surface area contributed by atoms with Gasteiger partial charge in [-0.2, -0.15) is 0 Å². The molecule has 2 atom stereocenters. The standard InChI is InChI=1S/C39H43N5O7/c1-6-26(2)34(41-37(45)20-32-21-40-25-43(32)22-27-14-16-31(17-15-27)44(47)48)24-42(23-29-12-9-11-28-10-7-8-13-33(28)29)39(46)30-18-35(49-3)38(51-5)36(19-30)50-4/h7-19,21,25-26,34H,6,20,22-24H2,1-5H3,(H,41,45)/t26-,34+/m0/s1. The summed E-state index contributed by atoms with van der Waals surface area (Å²) in [5.41, 5.74) is 2.87. The van der Waals surface area contributed by atoms with Gasteiger partial charge in [0.15, 0.2) is 11.5 Å². The number of nitro benzene ring substituents is 1. The lowest BCUT2D eigenvalue weighted by molar-refractivity contribution is -0.384. The number of hydrogen-bond donors (Lipinski definition) is 1. The van der Waals surface area contributed by atoms with E-state index in [1.54, 1.807) is 41.7 Å². The summed E-state index contributed by atoms with van der Waals surface area (Å²) in [5.74, 6) is 0.670. The number of carbonyl (C=O) groups is 2. The third kappa shape index (κ3) is 8.64. The van der Waals surface area contributed by atoms with Crippen molar-refractivity contribution in [2.24, 2.45) is 5.92 Å². The van der Waals surface area contributed by atoms with Gasteiger partial charge in [0.2, 0.25) is 11.7 Å². The molecule has 5 rings (SSSR count). The SMILES string of the molecule is CC[C@H](C)[C@@H](CN(Cc1cccc2ccccc12)C(=O)c1cc(OC)c(OC)c(OC)c1)NC(=O)Cc1cncn1Cc1ccc([N+](=O)[O-])cc1. The van der Waals surface area contributed by atoms with E-state index in [9.17, 15) is 19.7 Å². The molecule has 5 aromatic rings. The molecule has 12 nitrogen and oxygen atoms in total. The van der Waals surface area contributed by atoms with E-state index >= 15 is 0 Å². The number of nitro groups is 1. The summed E-state index contributed by atoms with van der Waals surface area (Å²) in [6.45, 7) is 5.05. The van der Waals surface area contributed by atoms with Crippen LogP contribution >= 0.6 is 0 Å². The number of hydrogen-bond acceptors (Lipinski definition) is 8. The average Bonchev–Trinajstić information content (AvgIpc) is 3.58. The van der Waals surface area contributed by atoms with Gasteiger partial charge >= 0.3 is 0 Å². The minimum Gasteiger partial charge on any atom is -0.493 e. The quantitative estimate of drug-likeness (QED) is 0.0922. The molecule has 0 spiro atoms. The molecule has 0 aliphatic rings. The number of nitrogens with zero attached hydrogens (tertiary/aromatic N) is 4. The summed E-state index contributed by atoms with van der Waals surface area (Å²) in [6, 6.07) is 23.3. The molecule has 0 bridgehead atoms. The van der Waals surface area contributed by atoms with Crippen molar-refractivity contribution in [2.75, 3.05) is 27.9 Å². The normalized spacial score (nSPS) is 12.2. The van der Waals surface area contributed by atoms with Gasteiger partial charge in [-0.15, -0.1) is 0 Å². The molecule has 12 heteroatoms. The Labute approximate surface area is 297 Å². The number of imidazole rings is 1. The van der Waals surface area contributed by atoms with Gasteiger partial charge in [0.05, 0.1) is 39.0 Å². The van der Waals surface area contributed by atoms with Crippen LogP contribution in [0.4, 0.5) is 5.69 Å². The molecule has 51 heavy (non-hydrogen) atoms. The highest BCUT2D eigenvalue weighted by Gasteiger charge is 2.28. The van der Waals surface area contributed by atoms with Crippen LogP contribution in [-0.2, 0) is 24.3 Å². The molecule has 0 aliphatic heterocycles. The molecular formula is C39H43N5O7. The summed E-state index contributed by atoms with van der Waals surface area (Å²) < 4.78 is 18.5. The first-order valence-electron chi connectivity index (χ1n) is 16.7. The van der Waals surface area contributed by atoms with Gasteiger partial charge in [0.1, 0.15) is 0 Å². The van der Waals surface area contributed by atoms with Crippen molar-refractivity contribution in [3.05, 3.63) is 124 Å². The fourth-order valence-electron chi connectivity index (χ4n) is 6.11. The van der Waals surface area contributed by atoms with Gasteiger partial charge in [0.25, 0.3) is 11.6 Å². The maximum atomic E-state index is 14.5. The minimum atomic E-state index is -0.439. The van der Waals surface area contributed by atoms with Crippen molar-refractivity contribution in [2.45, 2.75) is 45.8 Å². The second-order valence-corrected chi connectivity index (χ2v) is 12.4. The molecule has 0 aliphatic carbocycles. The van der Waals surface area contributed by atoms with E-state index in [1.165, 1.54) is 33.5 Å². The Morgan fingerprint density at radius 2 is 1.65 bits per heavy atom. The number of benzene rings is 4. The van der Waals surface area contributed by atoms with E-state index in [2.05, 4.69) is 24.1 Å². The smallest absolute Gasteiger partial charge is 0.269 e. The summed E-state index contributed by atoms with van der Waals surface area (Å²) in [4.78, 5) is 44.8. The second kappa shape index (κ2) is 16.7. The van der Waals surface area contributed by atoms with E-state index in [4.69, 9.17) is 14.2 Å². The predicted molar refractivity (Wildman–Crippen MR) is 194 cm³/mol. The number of fused-ring (bicyclic) bond motifs is 1. The lowest BCUT2D eigenvalue weighted by Crippen LogP contribution is -2.49. The molecule has 0 radical (unpaired) electrons. The van der Waals surface area contributed by atoms with Crippen molar-refractivity contribution in [3.63, 3.8) is 0 Å². The van der Waals surface area contributed by atoms with Crippen LogP contribution in [0.25, 0.3) is 10.8 Å². The number of non-ortho nitro benzene ring substituents is 1. The van der Waals surface area contributed by atoms with Crippen molar-refractivity contribution >= 4 is 28.3 Å². The highest BCUT2D eigenvalue weighted by molar-refractivity contribution is 5.96. The van der Waals surface area contributed by atoms with Crippen molar-refractivity contribution in [3.8, 4) is 17.2 Å². The van der Waals surface area contributed by atoms with E-state index in [-0.39, 0.29) is 42.4 Å². The average molecular weight is 694 g/mol. The molecule has 266 valence electrons. The van der Waals surface area contributed by atoms with Crippen LogP contribution in [-0.4, -0.2) is 65.1 Å². The molecule has 1 heterocycles. The summed E-state index contributed by atoms with van der Waals surface area (Å²) in [7, 11) is 4.52. The number of methoxy groups -OCH3 is 3. The lowest BCUT2D eigenvalue weighted by Gasteiger charge is -2.32. The fourth-order valence-corrected chi connectivity index (χ4v) is 6.11. The second-order valence-electron chi connectivity index (χ2n) is 12.4. The zero-order chi connectivity index (χ0) is 36.5. The van der Waals surface area contributed by atoms with Gasteiger partial charge in [0, 0.05) is 55.3 Å². The van der Waals surface area contributed by atoms with Crippen LogP contribution < -0.4 is 19.5 Å². The first-order valence-corrected chi connectivity index (χ1v) is 16.7. The number of carbonyl (C=O) groups excluding carboxylic acids is 2. The fraction of sp³-hybridized carbons (Fsp3) is 0.308. The van der Waals surface area contributed by atoms with Crippen LogP contribution in [0.3, 0.4) is 0 Å². The molecule has 1 N–H and O–H groups in total. The maximum absolute atomic E-state index is 14.5. The van der Waals surface area contributed by atoms with Crippen LogP contribution in [0.2, 0.25) is 0 Å². The van der Waals surface area contributed by atoms with E-state index in [0.29, 0.717) is 41.6 Å². The molecule has 0 saturated heterocycles. The maximum Gasteiger partial charge on any atom is 0.269 e. The molecule has 1 aromatic heterocycles. The number of ether oxygens (including phenoxy) is 3. The highest BCUT2D eigenvalue weighted by atomic mass is 16.6.